The minimum Gasteiger partial charge on any atom is -0.478 e. The number of aromatic nitrogens is 3. The van der Waals surface area contributed by atoms with Crippen LogP contribution in [0.15, 0.2) is 48.5 Å². The molecule has 7 nitrogen and oxygen atoms in total. The fourth-order valence-electron chi connectivity index (χ4n) is 3.11. The number of carboxylic acid groups (broad SMARTS) is 1. The van der Waals surface area contributed by atoms with Gasteiger partial charge in [0, 0.05) is 6.42 Å². The van der Waals surface area contributed by atoms with E-state index < -0.39 is 11.6 Å². The summed E-state index contributed by atoms with van der Waals surface area (Å²) in [6.45, 7) is 5.74. The van der Waals surface area contributed by atoms with Gasteiger partial charge in [-0.25, -0.2) is 9.48 Å². The molecule has 0 spiro atoms. The second-order valence-electron chi connectivity index (χ2n) is 8.07. The van der Waals surface area contributed by atoms with Gasteiger partial charge in [-0.2, -0.15) is 10.1 Å². The van der Waals surface area contributed by atoms with E-state index in [4.69, 9.17) is 14.6 Å². The number of carbonyl (C=O) groups is 1. The molecular weight excluding hydrogens is 394 g/mol. The summed E-state index contributed by atoms with van der Waals surface area (Å²) in [5, 5.41) is 13.8. The fourth-order valence-corrected chi connectivity index (χ4v) is 3.11. The Morgan fingerprint density at radius 3 is 2.29 bits per heavy atom. The molecule has 2 aromatic carbocycles. The van der Waals surface area contributed by atoms with Crippen molar-refractivity contribution < 1.29 is 19.4 Å². The third-order valence-corrected chi connectivity index (χ3v) is 4.99. The number of hydrogen-bond donors (Lipinski definition) is 1. The summed E-state index contributed by atoms with van der Waals surface area (Å²) in [5.41, 5.74) is 2.25. The molecule has 0 unspecified atom stereocenters. The van der Waals surface area contributed by atoms with E-state index in [1.54, 1.807) is 23.9 Å². The SMILES string of the molecule is COc1nc(CCCc2ccc(OC(C)(C)C(=O)O)cc2)nn1Cc1ccc(C)cc1. The van der Waals surface area contributed by atoms with Crippen LogP contribution in [-0.2, 0) is 24.2 Å². The van der Waals surface area contributed by atoms with E-state index in [9.17, 15) is 4.79 Å². The normalized spacial score (nSPS) is 11.4. The lowest BCUT2D eigenvalue weighted by Crippen LogP contribution is -2.37. The van der Waals surface area contributed by atoms with E-state index in [0.717, 1.165) is 36.2 Å². The molecule has 0 bridgehead atoms. The van der Waals surface area contributed by atoms with Gasteiger partial charge in [0.05, 0.1) is 13.7 Å². The van der Waals surface area contributed by atoms with Crippen molar-refractivity contribution in [1.29, 1.82) is 0 Å². The van der Waals surface area contributed by atoms with Crippen molar-refractivity contribution in [3.63, 3.8) is 0 Å². The molecule has 1 N–H and O–H groups in total. The Hall–Kier alpha value is -3.35. The van der Waals surface area contributed by atoms with Crippen LogP contribution >= 0.6 is 0 Å². The zero-order valence-electron chi connectivity index (χ0n) is 18.5. The van der Waals surface area contributed by atoms with Crippen molar-refractivity contribution >= 4 is 5.97 Å². The lowest BCUT2D eigenvalue weighted by Gasteiger charge is -2.21. The molecule has 31 heavy (non-hydrogen) atoms. The van der Waals surface area contributed by atoms with E-state index in [2.05, 4.69) is 41.3 Å². The van der Waals surface area contributed by atoms with Crippen LogP contribution in [0.5, 0.6) is 11.8 Å². The van der Waals surface area contributed by atoms with E-state index >= 15 is 0 Å². The van der Waals surface area contributed by atoms with Crippen LogP contribution in [0.3, 0.4) is 0 Å². The van der Waals surface area contributed by atoms with Gasteiger partial charge in [-0.05, 0) is 56.9 Å². The van der Waals surface area contributed by atoms with E-state index in [0.29, 0.717) is 18.3 Å². The number of hydrogen-bond acceptors (Lipinski definition) is 5. The van der Waals surface area contributed by atoms with Crippen LogP contribution in [0.4, 0.5) is 0 Å². The van der Waals surface area contributed by atoms with Gasteiger partial charge in [-0.15, -0.1) is 0 Å². The summed E-state index contributed by atoms with van der Waals surface area (Å²) in [6, 6.07) is 16.4. The van der Waals surface area contributed by atoms with Crippen LogP contribution < -0.4 is 9.47 Å². The molecule has 1 heterocycles. The zero-order chi connectivity index (χ0) is 22.4. The first-order valence-electron chi connectivity index (χ1n) is 10.3. The number of nitrogens with zero attached hydrogens (tertiary/aromatic N) is 3. The van der Waals surface area contributed by atoms with Crippen molar-refractivity contribution in [2.75, 3.05) is 7.11 Å². The zero-order valence-corrected chi connectivity index (χ0v) is 18.5. The fraction of sp³-hybridized carbons (Fsp3) is 0.375. The number of aliphatic carboxylic acids is 1. The van der Waals surface area contributed by atoms with Gasteiger partial charge in [0.15, 0.2) is 11.4 Å². The van der Waals surface area contributed by atoms with Crippen molar-refractivity contribution in [2.24, 2.45) is 0 Å². The van der Waals surface area contributed by atoms with Crippen molar-refractivity contribution in [1.82, 2.24) is 14.8 Å². The lowest BCUT2D eigenvalue weighted by atomic mass is 10.1. The first-order valence-corrected chi connectivity index (χ1v) is 10.3. The number of carboxylic acids is 1. The molecule has 0 saturated heterocycles. The molecule has 0 aliphatic heterocycles. The van der Waals surface area contributed by atoms with Gasteiger partial charge in [0.2, 0.25) is 0 Å². The maximum Gasteiger partial charge on any atom is 0.347 e. The van der Waals surface area contributed by atoms with Gasteiger partial charge in [0.1, 0.15) is 5.75 Å². The number of aryl methyl sites for hydroxylation is 3. The average Bonchev–Trinajstić information content (AvgIpc) is 3.12. The predicted octanol–water partition coefficient (Wildman–Crippen LogP) is 4.06. The van der Waals surface area contributed by atoms with Crippen LogP contribution in [0, 0.1) is 6.92 Å². The molecule has 164 valence electrons. The molecular formula is C24H29N3O4. The first kappa shape index (κ1) is 22.3. The standard InChI is InChI=1S/C24H29N3O4/c1-17-8-10-19(11-9-17)16-27-23(30-4)25-21(26-27)7-5-6-18-12-14-20(15-13-18)31-24(2,3)22(28)29/h8-15H,5-7,16H2,1-4H3,(H,28,29). The van der Waals surface area contributed by atoms with E-state index in [-0.39, 0.29) is 0 Å². The molecule has 7 heteroatoms. The van der Waals surface area contributed by atoms with Gasteiger partial charge in [-0.3, -0.25) is 0 Å². The largest absolute Gasteiger partial charge is 0.478 e. The first-order chi connectivity index (χ1) is 14.8. The van der Waals surface area contributed by atoms with Crippen LogP contribution in [0.25, 0.3) is 0 Å². The van der Waals surface area contributed by atoms with Gasteiger partial charge in [-0.1, -0.05) is 42.0 Å². The third-order valence-electron chi connectivity index (χ3n) is 4.99. The van der Waals surface area contributed by atoms with Crippen molar-refractivity contribution in [3.8, 4) is 11.8 Å². The Bertz CT molecular complexity index is 1010. The second kappa shape index (κ2) is 9.64. The predicted molar refractivity (Wildman–Crippen MR) is 118 cm³/mol. The number of rotatable bonds is 10. The maximum atomic E-state index is 11.2. The molecule has 0 amide bonds. The number of ether oxygens (including phenoxy) is 2. The molecule has 0 aliphatic rings. The summed E-state index contributed by atoms with van der Waals surface area (Å²) in [6.07, 6.45) is 2.48. The molecule has 0 fully saturated rings. The summed E-state index contributed by atoms with van der Waals surface area (Å²) in [4.78, 5) is 15.7. The van der Waals surface area contributed by atoms with Gasteiger partial charge in [0.25, 0.3) is 0 Å². The molecule has 0 radical (unpaired) electrons. The molecule has 3 aromatic rings. The van der Waals surface area contributed by atoms with E-state index in [1.807, 2.05) is 12.1 Å². The average molecular weight is 424 g/mol. The highest BCUT2D eigenvalue weighted by Crippen LogP contribution is 2.20. The van der Waals surface area contributed by atoms with Gasteiger partial charge < -0.3 is 14.6 Å². The highest BCUT2D eigenvalue weighted by Gasteiger charge is 2.29. The summed E-state index contributed by atoms with van der Waals surface area (Å²) >= 11 is 0. The van der Waals surface area contributed by atoms with Crippen molar-refractivity contribution in [3.05, 3.63) is 71.0 Å². The quantitative estimate of drug-likeness (QED) is 0.529. The highest BCUT2D eigenvalue weighted by molar-refractivity contribution is 5.76. The topological polar surface area (TPSA) is 86.5 Å². The highest BCUT2D eigenvalue weighted by atomic mass is 16.5. The summed E-state index contributed by atoms with van der Waals surface area (Å²) < 4.78 is 12.7. The minimum absolute atomic E-state index is 0.512. The minimum atomic E-state index is -1.26. The molecule has 0 atom stereocenters. The lowest BCUT2D eigenvalue weighted by molar-refractivity contribution is -0.152. The summed E-state index contributed by atoms with van der Waals surface area (Å²) in [5.74, 6) is 0.297. The van der Waals surface area contributed by atoms with Gasteiger partial charge >= 0.3 is 12.0 Å². The van der Waals surface area contributed by atoms with Crippen LogP contribution in [0.1, 0.15) is 42.8 Å². The summed E-state index contributed by atoms with van der Waals surface area (Å²) in [7, 11) is 1.61. The smallest absolute Gasteiger partial charge is 0.347 e. The van der Waals surface area contributed by atoms with E-state index in [1.165, 1.54) is 19.4 Å². The molecule has 0 saturated carbocycles. The molecule has 1 aromatic heterocycles. The number of benzene rings is 2. The Morgan fingerprint density at radius 2 is 1.68 bits per heavy atom. The van der Waals surface area contributed by atoms with Crippen LogP contribution in [0.2, 0.25) is 0 Å². The Morgan fingerprint density at radius 1 is 1.03 bits per heavy atom. The van der Waals surface area contributed by atoms with Crippen LogP contribution in [-0.4, -0.2) is 38.6 Å². The molecule has 3 rings (SSSR count). The second-order valence-corrected chi connectivity index (χ2v) is 8.07. The number of methoxy groups -OCH3 is 1. The Labute approximate surface area is 182 Å². The monoisotopic (exact) mass is 423 g/mol. The maximum absolute atomic E-state index is 11.2. The molecule has 0 aliphatic carbocycles. The Balaban J connectivity index is 1.55. The third kappa shape index (κ3) is 6.07. The van der Waals surface area contributed by atoms with Crippen molar-refractivity contribution in [2.45, 2.75) is 52.2 Å². The Kier molecular flexibility index (Phi) is 6.95.